The van der Waals surface area contributed by atoms with Crippen LogP contribution in [0, 0.1) is 0 Å². The van der Waals surface area contributed by atoms with Crippen LogP contribution in [0.1, 0.15) is 16.2 Å². The maximum atomic E-state index is 13.2. The number of benzene rings is 1. The van der Waals surface area contributed by atoms with Crippen LogP contribution < -0.4 is 5.73 Å². The summed E-state index contributed by atoms with van der Waals surface area (Å²) in [4.78, 5) is 30.6. The van der Waals surface area contributed by atoms with Gasteiger partial charge < -0.3 is 15.4 Å². The fourth-order valence-corrected chi connectivity index (χ4v) is 3.81. The lowest BCUT2D eigenvalue weighted by Gasteiger charge is -2.30. The van der Waals surface area contributed by atoms with Crippen molar-refractivity contribution in [3.63, 3.8) is 0 Å². The van der Waals surface area contributed by atoms with E-state index in [-0.39, 0.29) is 37.0 Å². The normalized spacial score (nSPS) is 17.0. The van der Waals surface area contributed by atoms with Crippen LogP contribution in [-0.2, 0) is 15.7 Å². The first-order chi connectivity index (χ1) is 14.7. The van der Waals surface area contributed by atoms with Gasteiger partial charge >= 0.3 is 6.18 Å². The third-order valence-electron chi connectivity index (χ3n) is 4.63. The van der Waals surface area contributed by atoms with Crippen molar-refractivity contribution in [1.82, 2.24) is 19.7 Å². The Bertz CT molecular complexity index is 1110. The van der Waals surface area contributed by atoms with E-state index < -0.39 is 29.7 Å². The number of alkyl halides is 3. The van der Waals surface area contributed by atoms with Crippen molar-refractivity contribution in [2.24, 2.45) is 5.73 Å². The highest BCUT2D eigenvalue weighted by molar-refractivity contribution is 7.13. The van der Waals surface area contributed by atoms with Crippen LogP contribution >= 0.6 is 11.3 Å². The van der Waals surface area contributed by atoms with Crippen molar-refractivity contribution in [2.75, 3.05) is 19.7 Å². The van der Waals surface area contributed by atoms with Crippen molar-refractivity contribution >= 4 is 23.2 Å². The first-order valence-corrected chi connectivity index (χ1v) is 10.0. The molecule has 2 N–H and O–H groups in total. The molecule has 12 heteroatoms. The van der Waals surface area contributed by atoms with Gasteiger partial charge in [0.05, 0.1) is 29.3 Å². The minimum absolute atomic E-state index is 0.0550. The first-order valence-electron chi connectivity index (χ1n) is 9.13. The molecule has 4 rings (SSSR count). The summed E-state index contributed by atoms with van der Waals surface area (Å²) in [5, 5.41) is 5.98. The van der Waals surface area contributed by atoms with Crippen LogP contribution in [-0.4, -0.2) is 57.3 Å². The molecule has 0 radical (unpaired) electrons. The Morgan fingerprint density at radius 1 is 1.23 bits per heavy atom. The summed E-state index contributed by atoms with van der Waals surface area (Å²) in [6, 6.07) is 8.09. The first kappa shape index (κ1) is 21.0. The van der Waals surface area contributed by atoms with E-state index in [4.69, 9.17) is 10.5 Å². The van der Waals surface area contributed by atoms with Gasteiger partial charge in [0.15, 0.2) is 11.9 Å². The molecule has 1 aromatic carbocycles. The zero-order valence-corrected chi connectivity index (χ0v) is 16.7. The number of thiophene rings is 1. The number of carbonyl (C=O) groups excluding carboxylic acids is 2. The number of rotatable bonds is 4. The average Bonchev–Trinajstić information content (AvgIpc) is 3.42. The molecule has 3 aromatic rings. The third-order valence-corrected chi connectivity index (χ3v) is 5.49. The number of nitrogens with zero attached hydrogens (tertiary/aromatic N) is 4. The number of nitrogens with two attached hydrogens (primary N) is 1. The van der Waals surface area contributed by atoms with Gasteiger partial charge in [-0.15, -0.1) is 16.4 Å². The summed E-state index contributed by atoms with van der Waals surface area (Å²) in [6.07, 6.45) is -5.48. The van der Waals surface area contributed by atoms with Crippen molar-refractivity contribution in [3.8, 4) is 16.4 Å². The highest BCUT2D eigenvalue weighted by Gasteiger charge is 2.33. The SMILES string of the molecule is NC(=O)C1CN(C(=O)c2nc(-c3cccs3)n(-c3cccc(C(F)(F)F)c3)n2)CCO1. The van der Waals surface area contributed by atoms with Crippen molar-refractivity contribution in [1.29, 1.82) is 0 Å². The van der Waals surface area contributed by atoms with Crippen LogP contribution in [0.2, 0.25) is 0 Å². The van der Waals surface area contributed by atoms with Gasteiger partial charge in [-0.3, -0.25) is 9.59 Å². The third kappa shape index (κ3) is 4.30. The minimum Gasteiger partial charge on any atom is -0.367 e. The predicted octanol–water partition coefficient (Wildman–Crippen LogP) is 2.34. The van der Waals surface area contributed by atoms with Crippen LogP contribution in [0.5, 0.6) is 0 Å². The number of carbonyl (C=O) groups is 2. The standard InChI is InChI=1S/C19H16F3N5O3S/c20-19(21,22)11-3-1-4-12(9-11)27-17(14-5-2-8-31-14)24-16(25-27)18(29)26-6-7-30-13(10-26)15(23)28/h1-5,8-9,13H,6-7,10H2,(H2,23,28). The van der Waals surface area contributed by atoms with Gasteiger partial charge in [0.25, 0.3) is 5.91 Å². The van der Waals surface area contributed by atoms with E-state index in [9.17, 15) is 22.8 Å². The molecular weight excluding hydrogens is 435 g/mol. The Labute approximate surface area is 178 Å². The van der Waals surface area contributed by atoms with Gasteiger partial charge in [0, 0.05) is 6.54 Å². The number of halogens is 3. The van der Waals surface area contributed by atoms with E-state index in [2.05, 4.69) is 10.1 Å². The summed E-state index contributed by atoms with van der Waals surface area (Å²) in [5.74, 6) is -1.24. The molecule has 2 aromatic heterocycles. The second-order valence-electron chi connectivity index (χ2n) is 6.71. The Morgan fingerprint density at radius 2 is 2.03 bits per heavy atom. The molecule has 2 amide bonds. The number of primary amides is 1. The van der Waals surface area contributed by atoms with Gasteiger partial charge in [-0.2, -0.15) is 13.2 Å². The largest absolute Gasteiger partial charge is 0.416 e. The topological polar surface area (TPSA) is 103 Å². The second-order valence-corrected chi connectivity index (χ2v) is 7.66. The smallest absolute Gasteiger partial charge is 0.367 e. The fourth-order valence-electron chi connectivity index (χ4n) is 3.11. The van der Waals surface area contributed by atoms with E-state index in [1.165, 1.54) is 33.1 Å². The van der Waals surface area contributed by atoms with E-state index >= 15 is 0 Å². The zero-order chi connectivity index (χ0) is 22.2. The van der Waals surface area contributed by atoms with Gasteiger partial charge in [0.1, 0.15) is 0 Å². The maximum Gasteiger partial charge on any atom is 0.416 e. The molecule has 0 saturated carbocycles. The summed E-state index contributed by atoms with van der Waals surface area (Å²) in [7, 11) is 0. The monoisotopic (exact) mass is 451 g/mol. The van der Waals surface area contributed by atoms with Crippen LogP contribution in [0.15, 0.2) is 41.8 Å². The quantitative estimate of drug-likeness (QED) is 0.656. The molecule has 1 unspecified atom stereocenters. The van der Waals surface area contributed by atoms with E-state index in [0.29, 0.717) is 4.88 Å². The molecule has 1 aliphatic heterocycles. The lowest BCUT2D eigenvalue weighted by Crippen LogP contribution is -2.50. The Kier molecular flexibility index (Phi) is 5.50. The molecule has 3 heterocycles. The number of ether oxygens (including phenoxy) is 1. The molecule has 1 saturated heterocycles. The molecule has 162 valence electrons. The summed E-state index contributed by atoms with van der Waals surface area (Å²) in [5.41, 5.74) is 4.53. The number of morpholine rings is 1. The number of aromatic nitrogens is 3. The highest BCUT2D eigenvalue weighted by Crippen LogP contribution is 2.32. The molecule has 1 fully saturated rings. The number of amides is 2. The molecular formula is C19H16F3N5O3S. The van der Waals surface area contributed by atoms with E-state index in [1.54, 1.807) is 17.5 Å². The lowest BCUT2D eigenvalue weighted by molar-refractivity contribution is -0.137. The van der Waals surface area contributed by atoms with E-state index in [1.807, 2.05) is 0 Å². The van der Waals surface area contributed by atoms with Crippen molar-refractivity contribution in [3.05, 3.63) is 53.2 Å². The summed E-state index contributed by atoms with van der Waals surface area (Å²) < 4.78 is 46.0. The number of hydrogen-bond donors (Lipinski definition) is 1. The van der Waals surface area contributed by atoms with Crippen molar-refractivity contribution in [2.45, 2.75) is 12.3 Å². The van der Waals surface area contributed by atoms with Gasteiger partial charge in [0.2, 0.25) is 11.7 Å². The molecule has 31 heavy (non-hydrogen) atoms. The second kappa shape index (κ2) is 8.12. The van der Waals surface area contributed by atoms with Crippen LogP contribution in [0.25, 0.3) is 16.4 Å². The van der Waals surface area contributed by atoms with Crippen LogP contribution in [0.3, 0.4) is 0 Å². The lowest BCUT2D eigenvalue weighted by atomic mass is 10.2. The molecule has 0 bridgehead atoms. The van der Waals surface area contributed by atoms with Crippen LogP contribution in [0.4, 0.5) is 13.2 Å². The van der Waals surface area contributed by atoms with Gasteiger partial charge in [-0.05, 0) is 29.6 Å². The number of hydrogen-bond acceptors (Lipinski definition) is 6. The highest BCUT2D eigenvalue weighted by atomic mass is 32.1. The summed E-state index contributed by atoms with van der Waals surface area (Å²) in [6.45, 7) is 0.265. The molecule has 1 atom stereocenters. The predicted molar refractivity (Wildman–Crippen MR) is 105 cm³/mol. The van der Waals surface area contributed by atoms with Crippen molar-refractivity contribution < 1.29 is 27.5 Å². The fraction of sp³-hybridized carbons (Fsp3) is 0.263. The minimum atomic E-state index is -4.53. The van der Waals surface area contributed by atoms with E-state index in [0.717, 1.165) is 12.1 Å². The van der Waals surface area contributed by atoms with Gasteiger partial charge in [-0.1, -0.05) is 12.1 Å². The maximum absolute atomic E-state index is 13.2. The average molecular weight is 451 g/mol. The Hall–Kier alpha value is -3.25. The van der Waals surface area contributed by atoms with Gasteiger partial charge in [-0.25, -0.2) is 9.67 Å². The Morgan fingerprint density at radius 3 is 2.71 bits per heavy atom. The summed E-state index contributed by atoms with van der Waals surface area (Å²) >= 11 is 1.31. The Balaban J connectivity index is 1.74. The molecule has 1 aliphatic rings. The molecule has 8 nitrogen and oxygen atoms in total. The molecule has 0 aliphatic carbocycles. The zero-order valence-electron chi connectivity index (χ0n) is 15.9. The molecule has 0 spiro atoms.